The first-order valence-electron chi connectivity index (χ1n) is 12.8. The Kier molecular flexibility index (Phi) is 7.71. The van der Waals surface area contributed by atoms with Crippen molar-refractivity contribution in [2.45, 2.75) is 26.0 Å². The van der Waals surface area contributed by atoms with Crippen LogP contribution in [0, 0.1) is 0 Å². The smallest absolute Gasteiger partial charge is 0.290 e. The molecule has 5 rings (SSSR count). The normalized spacial score (nSPS) is 15.2. The van der Waals surface area contributed by atoms with Crippen LogP contribution in [-0.2, 0) is 11.4 Å². The molecule has 0 aliphatic carbocycles. The number of Topliss-reactive ketones (excluding diaryl/α,β-unsaturated/α-hetero) is 1. The first-order chi connectivity index (χ1) is 19.4. The predicted molar refractivity (Wildman–Crippen MR) is 150 cm³/mol. The molecule has 40 heavy (non-hydrogen) atoms. The number of hydrogen-bond acceptors (Lipinski definition) is 7. The zero-order chi connectivity index (χ0) is 28.4. The molecule has 206 valence electrons. The van der Waals surface area contributed by atoms with E-state index in [1.807, 2.05) is 37.3 Å². The number of rotatable bonds is 10. The molecule has 0 saturated carbocycles. The van der Waals surface area contributed by atoms with Gasteiger partial charge in [0.1, 0.15) is 6.61 Å². The van der Waals surface area contributed by atoms with Gasteiger partial charge in [0, 0.05) is 23.0 Å². The van der Waals surface area contributed by atoms with Crippen molar-refractivity contribution in [1.29, 1.82) is 0 Å². The van der Waals surface area contributed by atoms with Gasteiger partial charge in [0.25, 0.3) is 5.91 Å². The van der Waals surface area contributed by atoms with E-state index in [-0.39, 0.29) is 11.3 Å². The molecule has 8 nitrogen and oxygen atoms in total. The second kappa shape index (κ2) is 11.4. The van der Waals surface area contributed by atoms with E-state index in [0.29, 0.717) is 58.4 Å². The van der Waals surface area contributed by atoms with Gasteiger partial charge in [-0.15, -0.1) is 0 Å². The molecule has 1 amide bonds. The monoisotopic (exact) mass is 561 g/mol. The Bertz CT molecular complexity index is 1610. The summed E-state index contributed by atoms with van der Waals surface area (Å²) >= 11 is 6.19. The van der Waals surface area contributed by atoms with Crippen molar-refractivity contribution in [2.24, 2.45) is 0 Å². The lowest BCUT2D eigenvalue weighted by molar-refractivity contribution is -0.129. The molecule has 0 bridgehead atoms. The molecule has 1 aliphatic heterocycles. The SMILES string of the molecule is CCCN1C(=O)C(O)=C(C(=O)c2cc3cc(Cl)cc(OC)c3o2)C1c1ccc(OCc2ccccc2)c(OC)c1. The van der Waals surface area contributed by atoms with Crippen molar-refractivity contribution in [3.63, 3.8) is 0 Å². The van der Waals surface area contributed by atoms with E-state index < -0.39 is 23.5 Å². The molecule has 0 spiro atoms. The van der Waals surface area contributed by atoms with E-state index in [9.17, 15) is 14.7 Å². The molecular weight excluding hydrogens is 534 g/mol. The summed E-state index contributed by atoms with van der Waals surface area (Å²) in [6.07, 6.45) is 0.618. The largest absolute Gasteiger partial charge is 0.503 e. The van der Waals surface area contributed by atoms with Crippen molar-refractivity contribution in [3.05, 3.63) is 100.0 Å². The Hall–Kier alpha value is -4.43. The Balaban J connectivity index is 1.53. The number of fused-ring (bicyclic) bond motifs is 1. The first kappa shape index (κ1) is 27.1. The van der Waals surface area contributed by atoms with E-state index in [1.165, 1.54) is 25.2 Å². The fraction of sp³-hybridized carbons (Fsp3) is 0.226. The minimum atomic E-state index is -0.865. The van der Waals surface area contributed by atoms with E-state index in [0.717, 1.165) is 5.56 Å². The van der Waals surface area contributed by atoms with Gasteiger partial charge in [0.2, 0.25) is 5.78 Å². The van der Waals surface area contributed by atoms with Gasteiger partial charge >= 0.3 is 0 Å². The van der Waals surface area contributed by atoms with Gasteiger partial charge in [-0.05, 0) is 41.8 Å². The molecule has 1 atom stereocenters. The Morgan fingerprint density at radius 3 is 2.45 bits per heavy atom. The number of benzene rings is 3. The molecule has 9 heteroatoms. The standard InChI is InChI=1S/C31H28ClNO7/c1-4-12-33-27(19-10-11-22(23(14-19)37-2)39-17-18-8-6-5-7-9-18)26(29(35)31(33)36)28(34)24-15-20-13-21(32)16-25(38-3)30(20)40-24/h5-11,13-16,27,35H,4,12,17H2,1-3H3. The lowest BCUT2D eigenvalue weighted by Crippen LogP contribution is -2.31. The summed E-state index contributed by atoms with van der Waals surface area (Å²) in [6, 6.07) is 18.8. The van der Waals surface area contributed by atoms with Gasteiger partial charge in [0.15, 0.2) is 34.4 Å². The van der Waals surface area contributed by atoms with Gasteiger partial charge in [-0.2, -0.15) is 0 Å². The maximum atomic E-state index is 13.9. The van der Waals surface area contributed by atoms with Crippen LogP contribution in [-0.4, -0.2) is 42.5 Å². The van der Waals surface area contributed by atoms with Crippen LogP contribution >= 0.6 is 11.6 Å². The number of ketones is 1. The molecule has 2 heterocycles. The highest BCUT2D eigenvalue weighted by molar-refractivity contribution is 6.31. The third kappa shape index (κ3) is 4.98. The molecule has 4 aromatic rings. The maximum absolute atomic E-state index is 13.9. The van der Waals surface area contributed by atoms with Crippen LogP contribution in [0.5, 0.6) is 17.2 Å². The number of amides is 1. The lowest BCUT2D eigenvalue weighted by Gasteiger charge is -2.27. The van der Waals surface area contributed by atoms with Crippen molar-refractivity contribution in [1.82, 2.24) is 4.90 Å². The van der Waals surface area contributed by atoms with Gasteiger partial charge < -0.3 is 28.6 Å². The molecule has 1 aromatic heterocycles. The number of furan rings is 1. The minimum Gasteiger partial charge on any atom is -0.503 e. The van der Waals surface area contributed by atoms with Crippen LogP contribution < -0.4 is 14.2 Å². The Labute approximate surface area is 236 Å². The number of halogens is 1. The molecule has 0 fully saturated rings. The topological polar surface area (TPSA) is 98.4 Å². The fourth-order valence-electron chi connectivity index (χ4n) is 4.89. The van der Waals surface area contributed by atoms with Gasteiger partial charge in [0.05, 0.1) is 25.8 Å². The maximum Gasteiger partial charge on any atom is 0.290 e. The number of aliphatic hydroxyl groups excluding tert-OH is 1. The molecule has 0 saturated heterocycles. The van der Waals surface area contributed by atoms with E-state index in [2.05, 4.69) is 0 Å². The zero-order valence-electron chi connectivity index (χ0n) is 22.3. The van der Waals surface area contributed by atoms with Crippen LogP contribution in [0.15, 0.2) is 82.5 Å². The number of methoxy groups -OCH3 is 2. The molecule has 1 N–H and O–H groups in total. The zero-order valence-corrected chi connectivity index (χ0v) is 23.0. The summed E-state index contributed by atoms with van der Waals surface area (Å²) in [5.41, 5.74) is 1.83. The van der Waals surface area contributed by atoms with Crippen molar-refractivity contribution < 1.29 is 33.3 Å². The van der Waals surface area contributed by atoms with Gasteiger partial charge in [-0.3, -0.25) is 9.59 Å². The average Bonchev–Trinajstić information content (AvgIpc) is 3.50. The number of aliphatic hydroxyl groups is 1. The van der Waals surface area contributed by atoms with Crippen LogP contribution in [0.3, 0.4) is 0 Å². The van der Waals surface area contributed by atoms with Crippen LogP contribution in [0.25, 0.3) is 11.0 Å². The highest BCUT2D eigenvalue weighted by Crippen LogP contribution is 2.43. The number of nitrogens with zero attached hydrogens (tertiary/aromatic N) is 1. The summed E-state index contributed by atoms with van der Waals surface area (Å²) in [4.78, 5) is 28.5. The number of carbonyl (C=O) groups excluding carboxylic acids is 2. The number of carbonyl (C=O) groups is 2. The highest BCUT2D eigenvalue weighted by Gasteiger charge is 2.44. The summed E-state index contributed by atoms with van der Waals surface area (Å²) in [5.74, 6) is -0.618. The predicted octanol–water partition coefficient (Wildman–Crippen LogP) is 6.67. The van der Waals surface area contributed by atoms with Crippen LogP contribution in [0.1, 0.15) is 41.1 Å². The van der Waals surface area contributed by atoms with Crippen LogP contribution in [0.4, 0.5) is 0 Å². The molecule has 1 aliphatic rings. The molecule has 0 radical (unpaired) electrons. The first-order valence-corrected chi connectivity index (χ1v) is 13.1. The van der Waals surface area contributed by atoms with Crippen molar-refractivity contribution in [3.8, 4) is 17.2 Å². The molecule has 3 aromatic carbocycles. The van der Waals surface area contributed by atoms with Gasteiger partial charge in [-0.1, -0.05) is 54.9 Å². The Morgan fingerprint density at radius 1 is 1.00 bits per heavy atom. The third-order valence-electron chi connectivity index (χ3n) is 6.74. The average molecular weight is 562 g/mol. The highest BCUT2D eigenvalue weighted by atomic mass is 35.5. The third-order valence-corrected chi connectivity index (χ3v) is 6.96. The van der Waals surface area contributed by atoms with E-state index in [1.54, 1.807) is 30.3 Å². The van der Waals surface area contributed by atoms with E-state index >= 15 is 0 Å². The second-order valence-electron chi connectivity index (χ2n) is 9.31. The van der Waals surface area contributed by atoms with E-state index in [4.69, 9.17) is 30.2 Å². The summed E-state index contributed by atoms with van der Waals surface area (Å²) in [6.45, 7) is 2.57. The van der Waals surface area contributed by atoms with Crippen molar-refractivity contribution in [2.75, 3.05) is 20.8 Å². The summed E-state index contributed by atoms with van der Waals surface area (Å²) in [7, 11) is 2.99. The number of ether oxygens (including phenoxy) is 3. The Morgan fingerprint density at radius 2 is 1.75 bits per heavy atom. The summed E-state index contributed by atoms with van der Waals surface area (Å²) in [5, 5.41) is 11.9. The van der Waals surface area contributed by atoms with Crippen LogP contribution in [0.2, 0.25) is 5.02 Å². The number of hydrogen-bond donors (Lipinski definition) is 1. The molecular formula is C31H28ClNO7. The second-order valence-corrected chi connectivity index (χ2v) is 9.75. The fourth-order valence-corrected chi connectivity index (χ4v) is 5.11. The minimum absolute atomic E-state index is 0.0527. The van der Waals surface area contributed by atoms with Gasteiger partial charge in [-0.25, -0.2) is 0 Å². The quantitative estimate of drug-likeness (QED) is 0.216. The van der Waals surface area contributed by atoms with Crippen molar-refractivity contribution >= 4 is 34.3 Å². The summed E-state index contributed by atoms with van der Waals surface area (Å²) < 4.78 is 22.8. The lowest BCUT2D eigenvalue weighted by atomic mass is 9.94. The molecule has 1 unspecified atom stereocenters.